The van der Waals surface area contributed by atoms with E-state index < -0.39 is 10.0 Å². The summed E-state index contributed by atoms with van der Waals surface area (Å²) in [7, 11) is -3.49. The molecule has 1 fully saturated rings. The van der Waals surface area contributed by atoms with Crippen LogP contribution in [0.15, 0.2) is 28.7 Å². The first-order valence-corrected chi connectivity index (χ1v) is 10.3. The van der Waals surface area contributed by atoms with Crippen molar-refractivity contribution >= 4 is 44.6 Å². The monoisotopic (exact) mass is 398 g/mol. The molecule has 1 aliphatic rings. The Bertz CT molecular complexity index is 1020. The molecule has 0 N–H and O–H groups in total. The number of hydrogen-bond donors (Lipinski definition) is 0. The van der Waals surface area contributed by atoms with Crippen molar-refractivity contribution in [2.75, 3.05) is 31.1 Å². The number of anilines is 1. The Morgan fingerprint density at radius 2 is 1.96 bits per heavy atom. The second-order valence-electron chi connectivity index (χ2n) is 5.68. The summed E-state index contributed by atoms with van der Waals surface area (Å²) in [4.78, 5) is 10.6. The predicted octanol–water partition coefficient (Wildman–Crippen LogP) is 1.66. The summed E-state index contributed by atoms with van der Waals surface area (Å²) < 4.78 is 29.3. The van der Waals surface area contributed by atoms with Crippen molar-refractivity contribution in [3.63, 3.8) is 0 Å². The van der Waals surface area contributed by atoms with Gasteiger partial charge < -0.3 is 4.90 Å². The number of nitrogens with zero attached hydrogens (tertiary/aromatic N) is 6. The maximum absolute atomic E-state index is 12.7. The number of aromatic nitrogens is 4. The van der Waals surface area contributed by atoms with Gasteiger partial charge in [0.25, 0.3) is 15.8 Å². The van der Waals surface area contributed by atoms with Gasteiger partial charge in [0.15, 0.2) is 0 Å². The quantitative estimate of drug-likeness (QED) is 0.667. The average Bonchev–Trinajstić information content (AvgIpc) is 3.23. The van der Waals surface area contributed by atoms with Crippen LogP contribution in [0.4, 0.5) is 5.82 Å². The third-order valence-corrected chi connectivity index (χ3v) is 7.66. The maximum atomic E-state index is 12.7. The number of sulfonamides is 1. The highest BCUT2D eigenvalue weighted by atomic mass is 35.5. The Morgan fingerprint density at radius 3 is 2.64 bits per heavy atom. The van der Waals surface area contributed by atoms with Gasteiger partial charge in [-0.15, -0.1) is 11.3 Å². The molecule has 1 aliphatic heterocycles. The fourth-order valence-corrected chi connectivity index (χ4v) is 5.92. The third-order valence-electron chi connectivity index (χ3n) is 4.07. The predicted molar refractivity (Wildman–Crippen MR) is 95.8 cm³/mol. The highest BCUT2D eigenvalue weighted by molar-refractivity contribution is 7.91. The van der Waals surface area contributed by atoms with E-state index in [0.717, 1.165) is 22.8 Å². The summed E-state index contributed by atoms with van der Waals surface area (Å²) >= 11 is 6.96. The second kappa shape index (κ2) is 6.20. The normalized spacial score (nSPS) is 16.6. The Morgan fingerprint density at radius 1 is 1.20 bits per heavy atom. The minimum atomic E-state index is -3.49. The molecule has 4 rings (SSSR count). The summed E-state index contributed by atoms with van der Waals surface area (Å²) in [6, 6.07) is 5.10. The van der Waals surface area contributed by atoms with Crippen molar-refractivity contribution in [3.05, 3.63) is 34.6 Å². The maximum Gasteiger partial charge on any atom is 0.254 e. The summed E-state index contributed by atoms with van der Waals surface area (Å²) in [5, 5.41) is 4.21. The Kier molecular flexibility index (Phi) is 4.14. The molecular formula is C14H15ClN6O2S2. The minimum Gasteiger partial charge on any atom is -0.354 e. The van der Waals surface area contributed by atoms with E-state index in [1.807, 2.05) is 13.0 Å². The van der Waals surface area contributed by atoms with Gasteiger partial charge in [-0.3, -0.25) is 0 Å². The summed E-state index contributed by atoms with van der Waals surface area (Å²) in [5.74, 6) is 1.41. The van der Waals surface area contributed by atoms with Gasteiger partial charge in [0.2, 0.25) is 0 Å². The van der Waals surface area contributed by atoms with Gasteiger partial charge >= 0.3 is 0 Å². The lowest BCUT2D eigenvalue weighted by Crippen LogP contribution is -2.49. The van der Waals surface area contributed by atoms with Gasteiger partial charge in [0, 0.05) is 37.9 Å². The summed E-state index contributed by atoms with van der Waals surface area (Å²) in [5.41, 5.74) is 0.846. The van der Waals surface area contributed by atoms with Crippen molar-refractivity contribution in [2.45, 2.75) is 11.1 Å². The fourth-order valence-electron chi connectivity index (χ4n) is 2.86. The zero-order valence-corrected chi connectivity index (χ0v) is 15.7. The SMILES string of the molecule is Cc1cc(N2CCN(S(=O)(=O)c3ccc(Cl)s3)CC2)n2ncnc2n1. The van der Waals surface area contributed by atoms with Gasteiger partial charge in [-0.1, -0.05) is 11.6 Å². The number of thiophene rings is 1. The molecule has 0 bridgehead atoms. The Hall–Kier alpha value is -1.75. The van der Waals surface area contributed by atoms with Gasteiger partial charge in [-0.05, 0) is 19.1 Å². The van der Waals surface area contributed by atoms with Crippen molar-refractivity contribution in [3.8, 4) is 0 Å². The molecule has 0 saturated carbocycles. The number of fused-ring (bicyclic) bond motifs is 1. The molecule has 4 heterocycles. The molecule has 0 aromatic carbocycles. The van der Waals surface area contributed by atoms with Crippen molar-refractivity contribution in [1.29, 1.82) is 0 Å². The second-order valence-corrected chi connectivity index (χ2v) is 9.56. The minimum absolute atomic E-state index is 0.282. The van der Waals surface area contributed by atoms with Crippen LogP contribution in [0.3, 0.4) is 0 Å². The van der Waals surface area contributed by atoms with Crippen LogP contribution in [0, 0.1) is 6.92 Å². The molecule has 0 radical (unpaired) electrons. The van der Waals surface area contributed by atoms with Gasteiger partial charge in [0.1, 0.15) is 16.4 Å². The van der Waals surface area contributed by atoms with Crippen molar-refractivity contribution in [1.82, 2.24) is 23.9 Å². The van der Waals surface area contributed by atoms with E-state index >= 15 is 0 Å². The lowest BCUT2D eigenvalue weighted by molar-refractivity contribution is 0.384. The molecule has 3 aromatic rings. The molecule has 132 valence electrons. The highest BCUT2D eigenvalue weighted by Gasteiger charge is 2.30. The molecule has 25 heavy (non-hydrogen) atoms. The van der Waals surface area contributed by atoms with E-state index in [9.17, 15) is 8.42 Å². The molecule has 1 saturated heterocycles. The van der Waals surface area contributed by atoms with E-state index in [4.69, 9.17) is 11.6 Å². The lowest BCUT2D eigenvalue weighted by Gasteiger charge is -2.34. The molecule has 0 unspecified atom stereocenters. The Labute approximate surface area is 153 Å². The van der Waals surface area contributed by atoms with E-state index in [2.05, 4.69) is 20.0 Å². The van der Waals surface area contributed by atoms with Crippen LogP contribution in [0.5, 0.6) is 0 Å². The molecule has 11 heteroatoms. The first kappa shape index (κ1) is 16.7. The summed E-state index contributed by atoms with van der Waals surface area (Å²) in [6.45, 7) is 3.83. The lowest BCUT2D eigenvalue weighted by atomic mass is 10.3. The van der Waals surface area contributed by atoms with Crippen molar-refractivity contribution < 1.29 is 8.42 Å². The average molecular weight is 399 g/mol. The molecule has 0 aliphatic carbocycles. The molecule has 0 atom stereocenters. The van der Waals surface area contributed by atoms with Gasteiger partial charge in [-0.2, -0.15) is 18.9 Å². The largest absolute Gasteiger partial charge is 0.354 e. The summed E-state index contributed by atoms with van der Waals surface area (Å²) in [6.07, 6.45) is 1.46. The fraction of sp³-hybridized carbons (Fsp3) is 0.357. The van der Waals surface area contributed by atoms with Crippen LogP contribution in [-0.4, -0.2) is 58.5 Å². The standard InChI is InChI=1S/C14H15ClN6O2S2/c1-10-8-12(21-14(18-10)16-9-17-21)19-4-6-20(7-5-19)25(22,23)13-3-2-11(15)24-13/h2-3,8-9H,4-7H2,1H3. The van der Waals surface area contributed by atoms with Crippen LogP contribution < -0.4 is 4.90 Å². The number of halogens is 1. The van der Waals surface area contributed by atoms with Crippen LogP contribution in [0.2, 0.25) is 4.34 Å². The molecule has 0 amide bonds. The van der Waals surface area contributed by atoms with Gasteiger partial charge in [-0.25, -0.2) is 13.4 Å². The van der Waals surface area contributed by atoms with E-state index in [1.165, 1.54) is 10.6 Å². The van der Waals surface area contributed by atoms with Crippen LogP contribution in [0.25, 0.3) is 5.78 Å². The molecule has 8 nitrogen and oxygen atoms in total. The zero-order valence-electron chi connectivity index (χ0n) is 13.3. The third kappa shape index (κ3) is 2.99. The van der Waals surface area contributed by atoms with E-state index in [-0.39, 0.29) is 4.21 Å². The van der Waals surface area contributed by atoms with E-state index in [0.29, 0.717) is 36.3 Å². The van der Waals surface area contributed by atoms with Gasteiger partial charge in [0.05, 0.1) is 4.34 Å². The van der Waals surface area contributed by atoms with Crippen molar-refractivity contribution in [2.24, 2.45) is 0 Å². The first-order valence-electron chi connectivity index (χ1n) is 7.63. The van der Waals surface area contributed by atoms with E-state index in [1.54, 1.807) is 16.6 Å². The zero-order chi connectivity index (χ0) is 17.6. The van der Waals surface area contributed by atoms with Crippen LogP contribution in [-0.2, 0) is 10.0 Å². The number of rotatable bonds is 3. The highest BCUT2D eigenvalue weighted by Crippen LogP contribution is 2.29. The van der Waals surface area contributed by atoms with Crippen LogP contribution >= 0.6 is 22.9 Å². The smallest absolute Gasteiger partial charge is 0.254 e. The molecule has 0 spiro atoms. The molecule has 3 aromatic heterocycles. The first-order chi connectivity index (χ1) is 11.9. The molecular weight excluding hydrogens is 384 g/mol. The number of hydrogen-bond acceptors (Lipinski definition) is 7. The van der Waals surface area contributed by atoms with Crippen LogP contribution in [0.1, 0.15) is 5.69 Å². The number of aryl methyl sites for hydroxylation is 1. The topological polar surface area (TPSA) is 83.7 Å². The Balaban J connectivity index is 1.56. The number of piperazine rings is 1.